The predicted molar refractivity (Wildman–Crippen MR) is 76.0 cm³/mol. The number of hydrogen-bond donors (Lipinski definition) is 2. The molecule has 2 rings (SSSR count). The molecule has 19 heavy (non-hydrogen) atoms. The number of nitrogens with zero attached hydrogens (tertiary/aromatic N) is 1. The Hall–Kier alpha value is -1.75. The SMILES string of the molecule is CN1CC(NC(=O)Cc2ccc(N)cc2)CC1=O.Cl. The van der Waals surface area contributed by atoms with Crippen LogP contribution in [-0.4, -0.2) is 36.3 Å². The van der Waals surface area contributed by atoms with Crippen LogP contribution in [0, 0.1) is 0 Å². The third kappa shape index (κ3) is 4.13. The van der Waals surface area contributed by atoms with E-state index in [4.69, 9.17) is 5.73 Å². The second-order valence-corrected chi connectivity index (χ2v) is 4.66. The van der Waals surface area contributed by atoms with Crippen molar-refractivity contribution in [2.45, 2.75) is 18.9 Å². The summed E-state index contributed by atoms with van der Waals surface area (Å²) in [4.78, 5) is 24.8. The first-order chi connectivity index (χ1) is 8.54. The van der Waals surface area contributed by atoms with Crippen LogP contribution in [-0.2, 0) is 16.0 Å². The minimum atomic E-state index is -0.0659. The molecule has 1 aliphatic rings. The number of benzene rings is 1. The van der Waals surface area contributed by atoms with E-state index in [2.05, 4.69) is 5.32 Å². The first-order valence-electron chi connectivity index (χ1n) is 5.92. The average molecular weight is 284 g/mol. The Bertz CT molecular complexity index is 461. The number of nitrogen functional groups attached to an aromatic ring is 1. The maximum atomic E-state index is 11.8. The van der Waals surface area contributed by atoms with Gasteiger partial charge in [0.1, 0.15) is 0 Å². The Morgan fingerprint density at radius 3 is 2.58 bits per heavy atom. The summed E-state index contributed by atoms with van der Waals surface area (Å²) in [6.07, 6.45) is 0.707. The van der Waals surface area contributed by atoms with E-state index in [1.165, 1.54) is 0 Å². The van der Waals surface area contributed by atoms with Crippen LogP contribution in [0.25, 0.3) is 0 Å². The zero-order valence-electron chi connectivity index (χ0n) is 10.8. The van der Waals surface area contributed by atoms with Gasteiger partial charge in [-0.2, -0.15) is 0 Å². The number of anilines is 1. The predicted octanol–water partition coefficient (Wildman–Crippen LogP) is 0.580. The molecular formula is C13H18ClN3O2. The fraction of sp³-hybridized carbons (Fsp3) is 0.385. The number of carbonyl (C=O) groups excluding carboxylic acids is 2. The van der Waals surface area contributed by atoms with Gasteiger partial charge in [-0.3, -0.25) is 9.59 Å². The third-order valence-electron chi connectivity index (χ3n) is 3.05. The van der Waals surface area contributed by atoms with Gasteiger partial charge in [0.05, 0.1) is 12.5 Å². The van der Waals surface area contributed by atoms with Crippen LogP contribution in [0.4, 0.5) is 5.69 Å². The Morgan fingerprint density at radius 2 is 2.05 bits per heavy atom. The lowest BCUT2D eigenvalue weighted by Gasteiger charge is -2.12. The zero-order valence-corrected chi connectivity index (χ0v) is 11.6. The summed E-state index contributed by atoms with van der Waals surface area (Å²) in [5.41, 5.74) is 7.18. The van der Waals surface area contributed by atoms with Crippen LogP contribution in [0.3, 0.4) is 0 Å². The Labute approximate surface area is 118 Å². The standard InChI is InChI=1S/C13H17N3O2.ClH/c1-16-8-11(7-13(16)18)15-12(17)6-9-2-4-10(14)5-3-9;/h2-5,11H,6-8,14H2,1H3,(H,15,17);1H. The Kier molecular flexibility index (Phi) is 5.18. The molecule has 0 radical (unpaired) electrons. The number of nitrogens with one attached hydrogen (secondary N) is 1. The van der Waals surface area contributed by atoms with Crippen molar-refractivity contribution < 1.29 is 9.59 Å². The summed E-state index contributed by atoms with van der Waals surface area (Å²) < 4.78 is 0. The van der Waals surface area contributed by atoms with E-state index in [1.807, 2.05) is 12.1 Å². The third-order valence-corrected chi connectivity index (χ3v) is 3.05. The molecule has 104 valence electrons. The molecule has 1 unspecified atom stereocenters. The molecule has 0 aliphatic carbocycles. The molecule has 6 heteroatoms. The van der Waals surface area contributed by atoms with E-state index in [-0.39, 0.29) is 30.3 Å². The van der Waals surface area contributed by atoms with Gasteiger partial charge in [0, 0.05) is 25.7 Å². The maximum Gasteiger partial charge on any atom is 0.224 e. The van der Waals surface area contributed by atoms with Crippen molar-refractivity contribution in [3.8, 4) is 0 Å². The van der Waals surface area contributed by atoms with Crippen LogP contribution in [0.2, 0.25) is 0 Å². The first kappa shape index (κ1) is 15.3. The van der Waals surface area contributed by atoms with Crippen LogP contribution in [0.5, 0.6) is 0 Å². The normalized spacial score (nSPS) is 18.1. The van der Waals surface area contributed by atoms with E-state index in [0.29, 0.717) is 25.1 Å². The molecule has 1 heterocycles. The number of likely N-dealkylation sites (N-methyl/N-ethyl adjacent to an activating group) is 1. The molecule has 1 aromatic rings. The van der Waals surface area contributed by atoms with Crippen molar-refractivity contribution in [2.75, 3.05) is 19.3 Å². The zero-order chi connectivity index (χ0) is 13.1. The van der Waals surface area contributed by atoms with Crippen molar-refractivity contribution >= 4 is 29.9 Å². The smallest absolute Gasteiger partial charge is 0.224 e. The summed E-state index contributed by atoms with van der Waals surface area (Å²) >= 11 is 0. The van der Waals surface area contributed by atoms with Crippen LogP contribution in [0.1, 0.15) is 12.0 Å². The molecule has 0 spiro atoms. The number of rotatable bonds is 3. The second kappa shape index (κ2) is 6.43. The van der Waals surface area contributed by atoms with Gasteiger partial charge in [0.25, 0.3) is 0 Å². The van der Waals surface area contributed by atoms with Gasteiger partial charge in [-0.15, -0.1) is 12.4 Å². The van der Waals surface area contributed by atoms with Gasteiger partial charge in [0.2, 0.25) is 11.8 Å². The molecule has 0 bridgehead atoms. The van der Waals surface area contributed by atoms with Crippen molar-refractivity contribution in [3.05, 3.63) is 29.8 Å². The number of carbonyl (C=O) groups is 2. The lowest BCUT2D eigenvalue weighted by Crippen LogP contribution is -2.37. The molecule has 3 N–H and O–H groups in total. The minimum Gasteiger partial charge on any atom is -0.399 e. The lowest BCUT2D eigenvalue weighted by atomic mass is 10.1. The molecule has 1 saturated heterocycles. The highest BCUT2D eigenvalue weighted by Crippen LogP contribution is 2.10. The number of likely N-dealkylation sites (tertiary alicyclic amines) is 1. The van der Waals surface area contributed by atoms with Crippen molar-refractivity contribution in [1.29, 1.82) is 0 Å². The summed E-state index contributed by atoms with van der Waals surface area (Å²) in [7, 11) is 1.74. The molecule has 5 nitrogen and oxygen atoms in total. The van der Waals surface area contributed by atoms with E-state index in [9.17, 15) is 9.59 Å². The molecule has 1 fully saturated rings. The fourth-order valence-corrected chi connectivity index (χ4v) is 2.06. The lowest BCUT2D eigenvalue weighted by molar-refractivity contribution is -0.126. The monoisotopic (exact) mass is 283 g/mol. The number of halogens is 1. The molecule has 1 atom stereocenters. The van der Waals surface area contributed by atoms with E-state index < -0.39 is 0 Å². The molecule has 1 aromatic carbocycles. The average Bonchev–Trinajstić information content (AvgIpc) is 2.61. The number of hydrogen-bond acceptors (Lipinski definition) is 3. The fourth-order valence-electron chi connectivity index (χ4n) is 2.06. The van der Waals surface area contributed by atoms with Crippen LogP contribution < -0.4 is 11.1 Å². The van der Waals surface area contributed by atoms with Gasteiger partial charge in [-0.05, 0) is 17.7 Å². The largest absolute Gasteiger partial charge is 0.399 e. The van der Waals surface area contributed by atoms with Crippen LogP contribution >= 0.6 is 12.4 Å². The minimum absolute atomic E-state index is 0. The first-order valence-corrected chi connectivity index (χ1v) is 5.92. The Balaban J connectivity index is 0.00000180. The molecule has 1 aliphatic heterocycles. The van der Waals surface area contributed by atoms with E-state index in [1.54, 1.807) is 24.1 Å². The van der Waals surface area contributed by atoms with E-state index >= 15 is 0 Å². The van der Waals surface area contributed by atoms with E-state index in [0.717, 1.165) is 5.56 Å². The Morgan fingerprint density at radius 1 is 1.42 bits per heavy atom. The van der Waals surface area contributed by atoms with Gasteiger partial charge in [-0.25, -0.2) is 0 Å². The topological polar surface area (TPSA) is 75.4 Å². The molecule has 0 aromatic heterocycles. The summed E-state index contributed by atoms with van der Waals surface area (Å²) in [6.45, 7) is 0.590. The molecule has 0 saturated carbocycles. The summed E-state index contributed by atoms with van der Waals surface area (Å²) in [5, 5.41) is 2.87. The number of amides is 2. The quantitative estimate of drug-likeness (QED) is 0.797. The molecular weight excluding hydrogens is 266 g/mol. The molecule has 2 amide bonds. The van der Waals surface area contributed by atoms with Gasteiger partial charge in [0.15, 0.2) is 0 Å². The summed E-state index contributed by atoms with van der Waals surface area (Å²) in [5.74, 6) is 0.0145. The van der Waals surface area contributed by atoms with Crippen molar-refractivity contribution in [3.63, 3.8) is 0 Å². The van der Waals surface area contributed by atoms with Crippen molar-refractivity contribution in [2.24, 2.45) is 0 Å². The highest BCUT2D eigenvalue weighted by Gasteiger charge is 2.27. The van der Waals surface area contributed by atoms with Crippen molar-refractivity contribution in [1.82, 2.24) is 10.2 Å². The summed E-state index contributed by atoms with van der Waals surface area (Å²) in [6, 6.07) is 7.15. The van der Waals surface area contributed by atoms with Gasteiger partial charge in [-0.1, -0.05) is 12.1 Å². The highest BCUT2D eigenvalue weighted by molar-refractivity contribution is 5.85. The number of nitrogens with two attached hydrogens (primary N) is 1. The highest BCUT2D eigenvalue weighted by atomic mass is 35.5. The van der Waals surface area contributed by atoms with Crippen LogP contribution in [0.15, 0.2) is 24.3 Å². The van der Waals surface area contributed by atoms with Gasteiger partial charge >= 0.3 is 0 Å². The maximum absolute atomic E-state index is 11.8. The second-order valence-electron chi connectivity index (χ2n) is 4.66. The van der Waals surface area contributed by atoms with Gasteiger partial charge < -0.3 is 16.0 Å².